The highest BCUT2D eigenvalue weighted by Crippen LogP contribution is 1.96. The van der Waals surface area contributed by atoms with Crippen molar-refractivity contribution in [2.75, 3.05) is 6.54 Å². The fourth-order valence-corrected chi connectivity index (χ4v) is 1.01. The molecule has 3 heteroatoms. The SMILES string of the molecule is CC1=NC(C)=NC(C)=NCC1. The highest BCUT2D eigenvalue weighted by Gasteiger charge is 1.97. The van der Waals surface area contributed by atoms with Gasteiger partial charge in [-0.05, 0) is 20.8 Å². The molecule has 1 rings (SSSR count). The van der Waals surface area contributed by atoms with Crippen LogP contribution >= 0.6 is 0 Å². The minimum atomic E-state index is 0.809. The summed E-state index contributed by atoms with van der Waals surface area (Å²) in [6, 6.07) is 0. The van der Waals surface area contributed by atoms with Gasteiger partial charge < -0.3 is 0 Å². The van der Waals surface area contributed by atoms with Gasteiger partial charge in [0.25, 0.3) is 0 Å². The Morgan fingerprint density at radius 1 is 1.00 bits per heavy atom. The summed E-state index contributed by atoms with van der Waals surface area (Å²) in [5.74, 6) is 1.64. The summed E-state index contributed by atoms with van der Waals surface area (Å²) >= 11 is 0. The molecular formula is C8H13N3. The maximum atomic E-state index is 4.27. The monoisotopic (exact) mass is 151 g/mol. The van der Waals surface area contributed by atoms with E-state index in [0.29, 0.717) is 0 Å². The third-order valence-electron chi connectivity index (χ3n) is 1.49. The second-order valence-corrected chi connectivity index (χ2v) is 2.69. The van der Waals surface area contributed by atoms with Crippen LogP contribution in [0.4, 0.5) is 0 Å². The molecule has 0 bridgehead atoms. The molecule has 3 nitrogen and oxygen atoms in total. The summed E-state index contributed by atoms with van der Waals surface area (Å²) in [6.45, 7) is 6.63. The van der Waals surface area contributed by atoms with Crippen molar-refractivity contribution >= 4 is 17.4 Å². The van der Waals surface area contributed by atoms with Gasteiger partial charge in [0.1, 0.15) is 11.7 Å². The van der Waals surface area contributed by atoms with Crippen molar-refractivity contribution in [3.8, 4) is 0 Å². The number of hydrogen-bond acceptors (Lipinski definition) is 3. The van der Waals surface area contributed by atoms with Crippen molar-refractivity contribution in [1.82, 2.24) is 0 Å². The second kappa shape index (κ2) is 3.42. The van der Waals surface area contributed by atoms with E-state index in [9.17, 15) is 0 Å². The van der Waals surface area contributed by atoms with Gasteiger partial charge in [-0.25, -0.2) is 9.98 Å². The van der Waals surface area contributed by atoms with E-state index in [2.05, 4.69) is 15.0 Å². The molecule has 0 fully saturated rings. The lowest BCUT2D eigenvalue weighted by Gasteiger charge is -2.02. The van der Waals surface area contributed by atoms with Crippen LogP contribution in [0.5, 0.6) is 0 Å². The van der Waals surface area contributed by atoms with E-state index in [-0.39, 0.29) is 0 Å². The van der Waals surface area contributed by atoms with Gasteiger partial charge in [0, 0.05) is 18.7 Å². The number of aliphatic imine (C=N–C) groups is 3. The van der Waals surface area contributed by atoms with Gasteiger partial charge in [0.2, 0.25) is 0 Å². The van der Waals surface area contributed by atoms with Gasteiger partial charge in [0.15, 0.2) is 0 Å². The molecule has 60 valence electrons. The Balaban J connectivity index is 2.87. The maximum absolute atomic E-state index is 4.27. The Morgan fingerprint density at radius 2 is 1.73 bits per heavy atom. The molecule has 1 aliphatic rings. The molecule has 0 saturated heterocycles. The molecule has 0 unspecified atom stereocenters. The minimum absolute atomic E-state index is 0.809. The molecule has 0 saturated carbocycles. The summed E-state index contributed by atoms with van der Waals surface area (Å²) in [4.78, 5) is 12.7. The van der Waals surface area contributed by atoms with Crippen LogP contribution in [0.3, 0.4) is 0 Å². The van der Waals surface area contributed by atoms with E-state index in [0.717, 1.165) is 30.3 Å². The third kappa shape index (κ3) is 2.62. The Labute approximate surface area is 67.0 Å². The molecular weight excluding hydrogens is 138 g/mol. The van der Waals surface area contributed by atoms with E-state index < -0.39 is 0 Å². The smallest absolute Gasteiger partial charge is 0.127 e. The first-order chi connectivity index (χ1) is 5.18. The van der Waals surface area contributed by atoms with E-state index in [1.165, 1.54) is 0 Å². The Hall–Kier alpha value is -0.990. The predicted molar refractivity (Wildman–Crippen MR) is 48.8 cm³/mol. The predicted octanol–water partition coefficient (Wildman–Crippen LogP) is 1.69. The van der Waals surface area contributed by atoms with E-state index in [4.69, 9.17) is 0 Å². The van der Waals surface area contributed by atoms with Crippen LogP contribution in [0.1, 0.15) is 27.2 Å². The lowest BCUT2D eigenvalue weighted by atomic mass is 10.3. The zero-order valence-electron chi connectivity index (χ0n) is 7.26. The molecule has 0 radical (unpaired) electrons. The number of nitrogens with zero attached hydrogens (tertiary/aromatic N) is 3. The van der Waals surface area contributed by atoms with Gasteiger partial charge in [-0.2, -0.15) is 0 Å². The van der Waals surface area contributed by atoms with Crippen molar-refractivity contribution in [1.29, 1.82) is 0 Å². The van der Waals surface area contributed by atoms with Crippen molar-refractivity contribution < 1.29 is 0 Å². The highest BCUT2D eigenvalue weighted by atomic mass is 15.0. The average molecular weight is 151 g/mol. The zero-order chi connectivity index (χ0) is 8.27. The fourth-order valence-electron chi connectivity index (χ4n) is 1.01. The van der Waals surface area contributed by atoms with Crippen LogP contribution in [0.15, 0.2) is 15.0 Å². The minimum Gasteiger partial charge on any atom is -0.270 e. The Morgan fingerprint density at radius 3 is 2.45 bits per heavy atom. The van der Waals surface area contributed by atoms with Crippen molar-refractivity contribution in [2.45, 2.75) is 27.2 Å². The average Bonchev–Trinajstić information content (AvgIpc) is 1.83. The molecule has 0 aromatic heterocycles. The van der Waals surface area contributed by atoms with Crippen molar-refractivity contribution in [2.24, 2.45) is 15.0 Å². The van der Waals surface area contributed by atoms with Crippen LogP contribution in [-0.4, -0.2) is 23.9 Å². The molecule has 1 aliphatic heterocycles. The first-order valence-electron chi connectivity index (χ1n) is 3.79. The summed E-state index contributed by atoms with van der Waals surface area (Å²) in [7, 11) is 0. The molecule has 0 amide bonds. The molecule has 0 aliphatic carbocycles. The standard InChI is InChI=1S/C8H13N3/c1-6-4-5-9-7(2)11-8(3)10-6/h4-5H2,1-3H3. The van der Waals surface area contributed by atoms with Crippen LogP contribution < -0.4 is 0 Å². The van der Waals surface area contributed by atoms with E-state index in [1.54, 1.807) is 0 Å². The van der Waals surface area contributed by atoms with Gasteiger partial charge in [0.05, 0.1) is 0 Å². The summed E-state index contributed by atoms with van der Waals surface area (Å²) < 4.78 is 0. The molecule has 11 heavy (non-hydrogen) atoms. The normalized spacial score (nSPS) is 19.4. The molecule has 1 heterocycles. The molecule has 0 N–H and O–H groups in total. The second-order valence-electron chi connectivity index (χ2n) is 2.69. The van der Waals surface area contributed by atoms with Gasteiger partial charge in [-0.3, -0.25) is 4.99 Å². The van der Waals surface area contributed by atoms with Crippen LogP contribution in [0, 0.1) is 0 Å². The summed E-state index contributed by atoms with van der Waals surface area (Å²) in [6.07, 6.45) is 0.949. The molecule has 0 spiro atoms. The third-order valence-corrected chi connectivity index (χ3v) is 1.49. The maximum Gasteiger partial charge on any atom is 0.127 e. The van der Waals surface area contributed by atoms with Gasteiger partial charge >= 0.3 is 0 Å². The van der Waals surface area contributed by atoms with E-state index in [1.807, 2.05) is 20.8 Å². The Bertz CT molecular complexity index is 236. The first-order valence-corrected chi connectivity index (χ1v) is 3.79. The van der Waals surface area contributed by atoms with Gasteiger partial charge in [-0.15, -0.1) is 0 Å². The molecule has 0 aromatic rings. The van der Waals surface area contributed by atoms with Gasteiger partial charge in [-0.1, -0.05) is 0 Å². The summed E-state index contributed by atoms with van der Waals surface area (Å²) in [5, 5.41) is 0. The van der Waals surface area contributed by atoms with Crippen molar-refractivity contribution in [3.05, 3.63) is 0 Å². The lowest BCUT2D eigenvalue weighted by Crippen LogP contribution is -2.05. The Kier molecular flexibility index (Phi) is 2.52. The zero-order valence-corrected chi connectivity index (χ0v) is 7.26. The lowest BCUT2D eigenvalue weighted by molar-refractivity contribution is 1.02. The number of rotatable bonds is 0. The first kappa shape index (κ1) is 8.11. The molecule has 0 atom stereocenters. The molecule has 0 aromatic carbocycles. The highest BCUT2D eigenvalue weighted by molar-refractivity contribution is 6.02. The number of amidine groups is 2. The summed E-state index contributed by atoms with van der Waals surface area (Å²) in [5.41, 5.74) is 1.11. The van der Waals surface area contributed by atoms with Crippen molar-refractivity contribution in [3.63, 3.8) is 0 Å². The fraction of sp³-hybridized carbons (Fsp3) is 0.625. The quantitative estimate of drug-likeness (QED) is 0.505. The number of hydrogen-bond donors (Lipinski definition) is 0. The largest absolute Gasteiger partial charge is 0.270 e. The van der Waals surface area contributed by atoms with Crippen LogP contribution in [0.2, 0.25) is 0 Å². The van der Waals surface area contributed by atoms with Crippen LogP contribution in [0.25, 0.3) is 0 Å². The topological polar surface area (TPSA) is 37.1 Å². The van der Waals surface area contributed by atoms with E-state index >= 15 is 0 Å². The van der Waals surface area contributed by atoms with Crippen LogP contribution in [-0.2, 0) is 0 Å².